The zero-order valence-corrected chi connectivity index (χ0v) is 19.1. The first-order valence-electron chi connectivity index (χ1n) is 10.1. The van der Waals surface area contributed by atoms with E-state index in [-0.39, 0.29) is 24.0 Å². The summed E-state index contributed by atoms with van der Waals surface area (Å²) in [6.45, 7) is 7.13. The van der Waals surface area contributed by atoms with E-state index in [9.17, 15) is 0 Å². The van der Waals surface area contributed by atoms with Gasteiger partial charge in [-0.05, 0) is 50.3 Å². The second kappa shape index (κ2) is 11.9. The molecule has 27 heavy (non-hydrogen) atoms. The molecule has 2 unspecified atom stereocenters. The fraction of sp³-hybridized carbons (Fsp3) is 0.667. The van der Waals surface area contributed by atoms with Crippen molar-refractivity contribution in [1.29, 1.82) is 0 Å². The lowest BCUT2D eigenvalue weighted by Crippen LogP contribution is -2.41. The van der Waals surface area contributed by atoms with Crippen molar-refractivity contribution in [3.8, 4) is 0 Å². The van der Waals surface area contributed by atoms with Gasteiger partial charge < -0.3 is 15.4 Å². The first-order chi connectivity index (χ1) is 12.8. The predicted molar refractivity (Wildman–Crippen MR) is 123 cm³/mol. The van der Waals surface area contributed by atoms with E-state index in [0.717, 1.165) is 38.6 Å². The van der Waals surface area contributed by atoms with Gasteiger partial charge >= 0.3 is 0 Å². The standard InChI is InChI=1S/C21H34N4O.HI/c1-17-8-5-6-12-25(17)16-19-10-4-3-9-18(19)14-23-21(22-2)24-15-20-11-7-13-26-20;/h3-4,9-10,17,20H,5-8,11-16H2,1-2H3,(H2,22,23,24);1H. The van der Waals surface area contributed by atoms with E-state index in [2.05, 4.69) is 51.7 Å². The molecule has 0 radical (unpaired) electrons. The molecule has 2 N–H and O–H groups in total. The predicted octanol–water partition coefficient (Wildman–Crippen LogP) is 3.52. The number of guanidine groups is 1. The number of piperidine rings is 1. The van der Waals surface area contributed by atoms with Crippen molar-refractivity contribution in [3.05, 3.63) is 35.4 Å². The van der Waals surface area contributed by atoms with Crippen LogP contribution in [-0.2, 0) is 17.8 Å². The minimum Gasteiger partial charge on any atom is -0.376 e. The summed E-state index contributed by atoms with van der Waals surface area (Å²) >= 11 is 0. The molecule has 0 spiro atoms. The molecule has 152 valence electrons. The Kier molecular flexibility index (Phi) is 9.86. The van der Waals surface area contributed by atoms with Crippen LogP contribution in [0.2, 0.25) is 0 Å². The molecule has 2 atom stereocenters. The number of hydrogen-bond donors (Lipinski definition) is 2. The van der Waals surface area contributed by atoms with Crippen LogP contribution in [0.5, 0.6) is 0 Å². The van der Waals surface area contributed by atoms with Crippen molar-refractivity contribution in [1.82, 2.24) is 15.5 Å². The fourth-order valence-electron chi connectivity index (χ4n) is 3.91. The second-order valence-electron chi connectivity index (χ2n) is 7.53. The monoisotopic (exact) mass is 486 g/mol. The number of benzene rings is 1. The maximum absolute atomic E-state index is 5.67. The highest BCUT2D eigenvalue weighted by molar-refractivity contribution is 14.0. The summed E-state index contributed by atoms with van der Waals surface area (Å²) in [6, 6.07) is 9.46. The van der Waals surface area contributed by atoms with Crippen LogP contribution in [0.3, 0.4) is 0 Å². The molecule has 2 fully saturated rings. The lowest BCUT2D eigenvalue weighted by Gasteiger charge is -2.33. The summed E-state index contributed by atoms with van der Waals surface area (Å²) in [4.78, 5) is 6.97. The number of nitrogens with zero attached hydrogens (tertiary/aromatic N) is 2. The maximum Gasteiger partial charge on any atom is 0.191 e. The van der Waals surface area contributed by atoms with Gasteiger partial charge in [0.25, 0.3) is 0 Å². The molecule has 2 saturated heterocycles. The van der Waals surface area contributed by atoms with Gasteiger partial charge in [0.05, 0.1) is 6.10 Å². The highest BCUT2D eigenvalue weighted by atomic mass is 127. The Balaban J connectivity index is 0.00000261. The minimum atomic E-state index is 0. The average Bonchev–Trinajstić information content (AvgIpc) is 3.18. The van der Waals surface area contributed by atoms with Gasteiger partial charge in [-0.3, -0.25) is 9.89 Å². The van der Waals surface area contributed by atoms with Gasteiger partial charge in [-0.15, -0.1) is 24.0 Å². The van der Waals surface area contributed by atoms with Crippen molar-refractivity contribution in [2.45, 2.75) is 64.3 Å². The lowest BCUT2D eigenvalue weighted by atomic mass is 10.0. The Bertz CT molecular complexity index is 589. The Morgan fingerprint density at radius 3 is 2.67 bits per heavy atom. The Morgan fingerprint density at radius 2 is 1.96 bits per heavy atom. The number of hydrogen-bond acceptors (Lipinski definition) is 3. The molecule has 2 heterocycles. The molecule has 2 aliphatic heterocycles. The van der Waals surface area contributed by atoms with Crippen LogP contribution in [0.4, 0.5) is 0 Å². The quantitative estimate of drug-likeness (QED) is 0.367. The number of halogens is 1. The summed E-state index contributed by atoms with van der Waals surface area (Å²) in [6.07, 6.45) is 6.64. The van der Waals surface area contributed by atoms with Gasteiger partial charge in [0.2, 0.25) is 0 Å². The summed E-state index contributed by atoms with van der Waals surface area (Å²) in [5.41, 5.74) is 2.77. The Labute approximate surface area is 181 Å². The van der Waals surface area contributed by atoms with Crippen LogP contribution in [0.25, 0.3) is 0 Å². The number of likely N-dealkylation sites (tertiary alicyclic amines) is 1. The molecule has 1 aromatic rings. The van der Waals surface area contributed by atoms with E-state index >= 15 is 0 Å². The third-order valence-corrected chi connectivity index (χ3v) is 5.62. The summed E-state index contributed by atoms with van der Waals surface area (Å²) < 4.78 is 5.67. The van der Waals surface area contributed by atoms with Crippen molar-refractivity contribution < 1.29 is 4.74 Å². The smallest absolute Gasteiger partial charge is 0.191 e. The lowest BCUT2D eigenvalue weighted by molar-refractivity contribution is 0.114. The molecule has 2 aliphatic rings. The SMILES string of the molecule is CN=C(NCc1ccccc1CN1CCCCC1C)NCC1CCCO1.I. The van der Waals surface area contributed by atoms with E-state index in [1.165, 1.54) is 43.4 Å². The normalized spacial score (nSPS) is 23.7. The number of aliphatic imine (C=N–C) groups is 1. The summed E-state index contributed by atoms with van der Waals surface area (Å²) in [7, 11) is 1.83. The minimum absolute atomic E-state index is 0. The zero-order chi connectivity index (χ0) is 18.2. The van der Waals surface area contributed by atoms with E-state index in [1.54, 1.807) is 0 Å². The fourth-order valence-corrected chi connectivity index (χ4v) is 3.91. The molecule has 0 saturated carbocycles. The van der Waals surface area contributed by atoms with Gasteiger partial charge in [0.15, 0.2) is 5.96 Å². The number of rotatable bonds is 6. The maximum atomic E-state index is 5.67. The third kappa shape index (κ3) is 6.91. The van der Waals surface area contributed by atoms with Crippen molar-refractivity contribution >= 4 is 29.9 Å². The van der Waals surface area contributed by atoms with E-state index in [4.69, 9.17) is 4.74 Å². The molecule has 6 heteroatoms. The van der Waals surface area contributed by atoms with E-state index in [0.29, 0.717) is 12.1 Å². The third-order valence-electron chi connectivity index (χ3n) is 5.62. The van der Waals surface area contributed by atoms with Crippen LogP contribution >= 0.6 is 24.0 Å². The molecule has 0 amide bonds. The highest BCUT2D eigenvalue weighted by Gasteiger charge is 2.19. The second-order valence-corrected chi connectivity index (χ2v) is 7.53. The molecule has 0 bridgehead atoms. The molecular weight excluding hydrogens is 451 g/mol. The van der Waals surface area contributed by atoms with Gasteiger partial charge in [-0.25, -0.2) is 0 Å². The molecule has 0 aliphatic carbocycles. The summed E-state index contributed by atoms with van der Waals surface area (Å²) in [5.74, 6) is 0.849. The average molecular weight is 486 g/mol. The van der Waals surface area contributed by atoms with Crippen LogP contribution in [0, 0.1) is 0 Å². The van der Waals surface area contributed by atoms with Crippen LogP contribution < -0.4 is 10.6 Å². The first-order valence-corrected chi connectivity index (χ1v) is 10.1. The Hall–Kier alpha value is -0.860. The van der Waals surface area contributed by atoms with Crippen molar-refractivity contribution in [2.24, 2.45) is 4.99 Å². The molecule has 5 nitrogen and oxygen atoms in total. The molecular formula is C21H35IN4O. The zero-order valence-electron chi connectivity index (χ0n) is 16.7. The number of ether oxygens (including phenoxy) is 1. The van der Waals surface area contributed by atoms with Crippen LogP contribution in [-0.4, -0.2) is 49.7 Å². The highest BCUT2D eigenvalue weighted by Crippen LogP contribution is 2.20. The largest absolute Gasteiger partial charge is 0.376 e. The van der Waals surface area contributed by atoms with Crippen molar-refractivity contribution in [3.63, 3.8) is 0 Å². The summed E-state index contributed by atoms with van der Waals surface area (Å²) in [5, 5.41) is 6.86. The molecule has 3 rings (SSSR count). The number of nitrogens with one attached hydrogen (secondary N) is 2. The molecule has 0 aromatic heterocycles. The Morgan fingerprint density at radius 1 is 1.15 bits per heavy atom. The van der Waals surface area contributed by atoms with E-state index in [1.807, 2.05) is 7.05 Å². The van der Waals surface area contributed by atoms with Crippen LogP contribution in [0.15, 0.2) is 29.3 Å². The topological polar surface area (TPSA) is 48.9 Å². The van der Waals surface area contributed by atoms with Crippen LogP contribution in [0.1, 0.15) is 50.2 Å². The van der Waals surface area contributed by atoms with Crippen molar-refractivity contribution in [2.75, 3.05) is 26.7 Å². The van der Waals surface area contributed by atoms with Gasteiger partial charge in [0.1, 0.15) is 0 Å². The molecule has 1 aromatic carbocycles. The van der Waals surface area contributed by atoms with E-state index < -0.39 is 0 Å². The van der Waals surface area contributed by atoms with Gasteiger partial charge in [-0.2, -0.15) is 0 Å². The van der Waals surface area contributed by atoms with Gasteiger partial charge in [0, 0.05) is 39.3 Å². The first kappa shape index (κ1) is 22.4. The van der Waals surface area contributed by atoms with Gasteiger partial charge in [-0.1, -0.05) is 30.7 Å².